The van der Waals surface area contributed by atoms with Gasteiger partial charge in [-0.1, -0.05) is 246 Å². The van der Waals surface area contributed by atoms with Crippen LogP contribution in [0.25, 0.3) is 193 Å². The molecule has 0 bridgehead atoms. The van der Waals surface area contributed by atoms with Crippen molar-refractivity contribution in [3.05, 3.63) is 330 Å². The van der Waals surface area contributed by atoms with Gasteiger partial charge in [-0.05, 0) is 142 Å². The van der Waals surface area contributed by atoms with Crippen molar-refractivity contribution in [2.45, 2.75) is 0 Å². The molecular formula is C90H53BrCl2IN9. The molecule has 22 rings (SSSR count). The van der Waals surface area contributed by atoms with Crippen LogP contribution in [0.4, 0.5) is 0 Å². The van der Waals surface area contributed by atoms with Gasteiger partial charge in [0.15, 0.2) is 23.3 Å². The Morgan fingerprint density at radius 3 is 0.689 bits per heavy atom. The number of fused-ring (bicyclic) bond motifs is 18. The van der Waals surface area contributed by atoms with Crippen molar-refractivity contribution in [3.8, 4) is 78.9 Å². The van der Waals surface area contributed by atoms with Gasteiger partial charge in [0, 0.05) is 91.4 Å². The summed E-state index contributed by atoms with van der Waals surface area (Å²) in [6, 6.07) is 112. The van der Waals surface area contributed by atoms with Crippen molar-refractivity contribution in [2.75, 3.05) is 0 Å². The van der Waals surface area contributed by atoms with Crippen molar-refractivity contribution in [1.82, 2.24) is 43.1 Å². The maximum absolute atomic E-state index is 5.65. The van der Waals surface area contributed by atoms with Gasteiger partial charge >= 0.3 is 0 Å². The molecule has 0 aliphatic rings. The number of rotatable bonds is 7. The standard InChI is InChI=1S/C57H33N5.C24H14BrN.C9H5Cl2N3.HI/c1-2-12-36(13-3-1)55-58-56(37-26-22-34(23-27-37)39-30-45-41-14-4-8-18-49(41)61-50-19-9-5-15-42(50)46(31-39)53(45)61)60-57(59-55)38-28-24-35(25-29-38)40-32-47-43-16-6-10-20-51(43)62-52-21-11-7-17-44(52)48(33-40)54(47)62;25-17-11-9-15(10-12-17)16-13-20-18-5-1-3-7-22(18)26-23-8-4-2-6-19(23)21(14-16)24(20)26;10-8-12-7(13-9(11)14-8)6-4-2-1-3-5-6;/h1-33H;1-14H;1-5H;1H. The number of para-hydroxylation sites is 6. The first-order valence-electron chi connectivity index (χ1n) is 33.7. The quantitative estimate of drug-likeness (QED) is 0.148. The molecule has 13 heteroatoms. The van der Waals surface area contributed by atoms with Crippen molar-refractivity contribution in [1.29, 1.82) is 0 Å². The number of nitrogens with zero attached hydrogens (tertiary/aromatic N) is 9. The highest BCUT2D eigenvalue weighted by atomic mass is 127. The van der Waals surface area contributed by atoms with Gasteiger partial charge in [-0.15, -0.1) is 24.0 Å². The summed E-state index contributed by atoms with van der Waals surface area (Å²) in [4.78, 5) is 26.8. The van der Waals surface area contributed by atoms with Crippen LogP contribution in [0.15, 0.2) is 320 Å². The van der Waals surface area contributed by atoms with Gasteiger partial charge < -0.3 is 13.2 Å². The average Bonchev–Trinajstić information content (AvgIpc) is 1.56. The van der Waals surface area contributed by atoms with Crippen molar-refractivity contribution in [3.63, 3.8) is 0 Å². The molecule has 0 unspecified atom stereocenters. The molecule has 0 saturated carbocycles. The summed E-state index contributed by atoms with van der Waals surface area (Å²) in [5.74, 6) is 2.40. The molecular weight excluding hydrogens is 1480 g/mol. The topological polar surface area (TPSA) is 90.6 Å². The molecule has 22 aromatic rings. The third-order valence-electron chi connectivity index (χ3n) is 20.0. The third kappa shape index (κ3) is 10.4. The zero-order valence-electron chi connectivity index (χ0n) is 54.6. The van der Waals surface area contributed by atoms with Crippen LogP contribution in [0.5, 0.6) is 0 Å². The smallest absolute Gasteiger partial charge is 0.227 e. The van der Waals surface area contributed by atoms with Crippen LogP contribution in [0, 0.1) is 0 Å². The average molecular weight is 1540 g/mol. The Morgan fingerprint density at radius 2 is 0.417 bits per heavy atom. The Hall–Kier alpha value is -11.7. The Morgan fingerprint density at radius 1 is 0.204 bits per heavy atom. The second-order valence-corrected chi connectivity index (χ2v) is 27.4. The highest BCUT2D eigenvalue weighted by Crippen LogP contribution is 2.46. The Kier molecular flexibility index (Phi) is 15.2. The first-order chi connectivity index (χ1) is 50.3. The molecule has 8 heterocycles. The lowest BCUT2D eigenvalue weighted by Gasteiger charge is -2.10. The van der Waals surface area contributed by atoms with Crippen LogP contribution in [-0.2, 0) is 0 Å². The van der Waals surface area contributed by atoms with Gasteiger partial charge in [-0.25, -0.2) is 15.0 Å². The first-order valence-corrected chi connectivity index (χ1v) is 35.3. The molecule has 14 aromatic carbocycles. The molecule has 0 aliphatic carbocycles. The highest BCUT2D eigenvalue weighted by molar-refractivity contribution is 14.0. The molecule has 0 spiro atoms. The van der Waals surface area contributed by atoms with Crippen LogP contribution >= 0.6 is 63.1 Å². The van der Waals surface area contributed by atoms with Crippen molar-refractivity contribution >= 4 is 177 Å². The predicted octanol–water partition coefficient (Wildman–Crippen LogP) is 25.2. The lowest BCUT2D eigenvalue weighted by Crippen LogP contribution is -2.00. The minimum Gasteiger partial charge on any atom is -0.308 e. The van der Waals surface area contributed by atoms with E-state index in [1.54, 1.807) is 0 Å². The molecule has 486 valence electrons. The van der Waals surface area contributed by atoms with Crippen LogP contribution < -0.4 is 0 Å². The maximum Gasteiger partial charge on any atom is 0.227 e. The molecule has 0 N–H and O–H groups in total. The summed E-state index contributed by atoms with van der Waals surface area (Å²) in [6.45, 7) is 0. The number of halogens is 4. The molecule has 0 radical (unpaired) electrons. The van der Waals surface area contributed by atoms with E-state index in [0.29, 0.717) is 23.3 Å². The van der Waals surface area contributed by atoms with E-state index in [1.807, 2.05) is 48.5 Å². The van der Waals surface area contributed by atoms with Gasteiger partial charge in [-0.3, -0.25) is 0 Å². The number of hydrogen-bond donors (Lipinski definition) is 0. The molecule has 8 aromatic heterocycles. The third-order valence-corrected chi connectivity index (χ3v) is 20.9. The summed E-state index contributed by atoms with van der Waals surface area (Å²) >= 11 is 14.8. The zero-order chi connectivity index (χ0) is 67.7. The van der Waals surface area contributed by atoms with Gasteiger partial charge in [0.1, 0.15) is 0 Å². The summed E-state index contributed by atoms with van der Waals surface area (Å²) in [7, 11) is 0. The summed E-state index contributed by atoms with van der Waals surface area (Å²) < 4.78 is 8.37. The minimum absolute atomic E-state index is 0. The maximum atomic E-state index is 5.65. The van der Waals surface area contributed by atoms with Gasteiger partial charge in [-0.2, -0.15) is 15.0 Å². The summed E-state index contributed by atoms with van der Waals surface area (Å²) in [5.41, 5.74) is 22.2. The van der Waals surface area contributed by atoms with Crippen molar-refractivity contribution in [2.24, 2.45) is 0 Å². The molecule has 0 amide bonds. The Balaban J connectivity index is 0.000000145. The van der Waals surface area contributed by atoms with Gasteiger partial charge in [0.25, 0.3) is 0 Å². The predicted molar refractivity (Wildman–Crippen MR) is 441 cm³/mol. The van der Waals surface area contributed by atoms with E-state index < -0.39 is 0 Å². The molecule has 0 fully saturated rings. The SMILES string of the molecule is Brc1ccc(-c2cc3c4ccccc4n4c5ccccc5c(c2)c34)cc1.Clc1nc(Cl)nc(-c2ccccc2)n1.I.c1ccc(-c2nc(-c3ccc(-c4cc5c6ccccc6n6c7ccccc7c(c4)c56)cc3)nc(-c3ccc(-c4cc5c6ccccc6n6c7ccccc7c(c4)c56)cc3)n2)cc1. The van der Waals surface area contributed by atoms with Crippen LogP contribution in [0.2, 0.25) is 10.6 Å². The van der Waals surface area contributed by atoms with Crippen molar-refractivity contribution < 1.29 is 0 Å². The van der Waals surface area contributed by atoms with Crippen LogP contribution in [0.1, 0.15) is 0 Å². The fraction of sp³-hybridized carbons (Fsp3) is 0. The monoisotopic (exact) mass is 1540 g/mol. The van der Waals surface area contributed by atoms with Crippen LogP contribution in [0.3, 0.4) is 0 Å². The van der Waals surface area contributed by atoms with E-state index >= 15 is 0 Å². The number of aromatic nitrogens is 9. The Bertz CT molecular complexity index is 6510. The normalized spacial score (nSPS) is 11.8. The molecule has 0 saturated heterocycles. The molecule has 0 aliphatic heterocycles. The largest absolute Gasteiger partial charge is 0.308 e. The second-order valence-electron chi connectivity index (χ2n) is 25.8. The van der Waals surface area contributed by atoms with E-state index in [1.165, 1.54) is 137 Å². The molecule has 0 atom stereocenters. The van der Waals surface area contributed by atoms with Gasteiger partial charge in [0.2, 0.25) is 10.6 Å². The van der Waals surface area contributed by atoms with E-state index in [4.69, 9.17) is 38.2 Å². The van der Waals surface area contributed by atoms with E-state index in [-0.39, 0.29) is 34.5 Å². The number of benzene rings is 14. The fourth-order valence-electron chi connectivity index (χ4n) is 15.5. The second kappa shape index (κ2) is 25.1. The molecule has 103 heavy (non-hydrogen) atoms. The number of hydrogen-bond acceptors (Lipinski definition) is 6. The van der Waals surface area contributed by atoms with Gasteiger partial charge in [0.05, 0.1) is 49.7 Å². The first kappa shape index (κ1) is 62.3. The molecule has 9 nitrogen and oxygen atoms in total. The lowest BCUT2D eigenvalue weighted by molar-refractivity contribution is 1.06. The Labute approximate surface area is 624 Å². The van der Waals surface area contributed by atoms with E-state index in [9.17, 15) is 0 Å². The highest BCUT2D eigenvalue weighted by Gasteiger charge is 2.23. The van der Waals surface area contributed by atoms with E-state index in [2.05, 4.69) is 311 Å². The van der Waals surface area contributed by atoms with E-state index in [0.717, 1.165) is 37.9 Å². The summed E-state index contributed by atoms with van der Waals surface area (Å²) in [5, 5.41) is 15.6. The lowest BCUT2D eigenvalue weighted by atomic mass is 9.98. The minimum atomic E-state index is 0. The summed E-state index contributed by atoms with van der Waals surface area (Å²) in [6.07, 6.45) is 0. The fourth-order valence-corrected chi connectivity index (χ4v) is 16.1. The zero-order valence-corrected chi connectivity index (χ0v) is 60.0. The van der Waals surface area contributed by atoms with Crippen LogP contribution in [-0.4, -0.2) is 43.1 Å².